The lowest BCUT2D eigenvalue weighted by Crippen LogP contribution is -1.77. The highest BCUT2D eigenvalue weighted by Crippen LogP contribution is 2.20. The summed E-state index contributed by atoms with van der Waals surface area (Å²) in [6.07, 6.45) is 12.6. The first-order valence-electron chi connectivity index (χ1n) is 7.58. The average molecular weight is 258 g/mol. The summed E-state index contributed by atoms with van der Waals surface area (Å²) < 4.78 is 0. The largest absolute Gasteiger partial charge is 0.103 e. The monoisotopic (exact) mass is 258 g/mol. The van der Waals surface area contributed by atoms with Gasteiger partial charge in [-0.15, -0.1) is 13.2 Å². The SMILES string of the molecule is C=CCCC.C=CCCC.c1ccc2c(c1)CCC2. The van der Waals surface area contributed by atoms with Gasteiger partial charge in [-0.05, 0) is 43.2 Å². The van der Waals surface area contributed by atoms with E-state index in [2.05, 4.69) is 51.3 Å². The Hall–Kier alpha value is -1.30. The zero-order valence-electron chi connectivity index (χ0n) is 12.8. The van der Waals surface area contributed by atoms with Gasteiger partial charge < -0.3 is 0 Å². The molecule has 1 aliphatic carbocycles. The highest BCUT2D eigenvalue weighted by atomic mass is 14.1. The molecule has 0 aliphatic heterocycles. The Morgan fingerprint density at radius 1 is 0.895 bits per heavy atom. The Bertz CT molecular complexity index is 303. The molecule has 2 rings (SSSR count). The van der Waals surface area contributed by atoms with E-state index in [-0.39, 0.29) is 0 Å². The minimum atomic E-state index is 1.15. The highest BCUT2D eigenvalue weighted by molar-refractivity contribution is 5.30. The molecule has 0 nitrogen and oxygen atoms in total. The van der Waals surface area contributed by atoms with E-state index in [4.69, 9.17) is 0 Å². The molecule has 1 aromatic carbocycles. The van der Waals surface area contributed by atoms with Crippen LogP contribution in [-0.2, 0) is 12.8 Å². The van der Waals surface area contributed by atoms with E-state index in [1.165, 1.54) is 32.1 Å². The molecule has 0 spiro atoms. The van der Waals surface area contributed by atoms with Crippen molar-refractivity contribution in [1.82, 2.24) is 0 Å². The molecule has 0 aromatic heterocycles. The van der Waals surface area contributed by atoms with Gasteiger partial charge in [0, 0.05) is 0 Å². The molecule has 0 saturated carbocycles. The first kappa shape index (κ1) is 17.7. The van der Waals surface area contributed by atoms with Gasteiger partial charge in [-0.3, -0.25) is 0 Å². The molecule has 0 saturated heterocycles. The van der Waals surface area contributed by atoms with E-state index in [9.17, 15) is 0 Å². The molecule has 0 bridgehead atoms. The van der Waals surface area contributed by atoms with Gasteiger partial charge in [0.25, 0.3) is 0 Å². The summed E-state index contributed by atoms with van der Waals surface area (Å²) in [6, 6.07) is 8.74. The van der Waals surface area contributed by atoms with Gasteiger partial charge in [0.1, 0.15) is 0 Å². The van der Waals surface area contributed by atoms with Crippen LogP contribution >= 0.6 is 0 Å². The van der Waals surface area contributed by atoms with Gasteiger partial charge in [-0.2, -0.15) is 0 Å². The fraction of sp³-hybridized carbons (Fsp3) is 0.474. The van der Waals surface area contributed by atoms with Gasteiger partial charge in [0.15, 0.2) is 0 Å². The van der Waals surface area contributed by atoms with Crippen molar-refractivity contribution in [3.8, 4) is 0 Å². The van der Waals surface area contributed by atoms with Crippen LogP contribution in [0.2, 0.25) is 0 Å². The zero-order chi connectivity index (χ0) is 14.3. The van der Waals surface area contributed by atoms with Crippen LogP contribution in [0.25, 0.3) is 0 Å². The first-order chi connectivity index (χ1) is 9.29. The van der Waals surface area contributed by atoms with Crippen LogP contribution in [-0.4, -0.2) is 0 Å². The fourth-order valence-electron chi connectivity index (χ4n) is 1.92. The molecule has 0 heterocycles. The Balaban J connectivity index is 0.000000283. The zero-order valence-corrected chi connectivity index (χ0v) is 12.8. The molecular formula is C19H30. The number of fused-ring (bicyclic) bond motifs is 1. The van der Waals surface area contributed by atoms with Crippen LogP contribution in [0.3, 0.4) is 0 Å². The van der Waals surface area contributed by atoms with Crippen molar-refractivity contribution < 1.29 is 0 Å². The maximum atomic E-state index is 3.55. The predicted molar refractivity (Wildman–Crippen MR) is 88.7 cm³/mol. The summed E-state index contributed by atoms with van der Waals surface area (Å²) in [6.45, 7) is 11.4. The topological polar surface area (TPSA) is 0 Å². The van der Waals surface area contributed by atoms with E-state index in [1.807, 2.05) is 12.2 Å². The van der Waals surface area contributed by atoms with Gasteiger partial charge in [0.2, 0.25) is 0 Å². The number of benzene rings is 1. The van der Waals surface area contributed by atoms with Crippen molar-refractivity contribution in [3.63, 3.8) is 0 Å². The van der Waals surface area contributed by atoms with Gasteiger partial charge >= 0.3 is 0 Å². The van der Waals surface area contributed by atoms with Crippen molar-refractivity contribution >= 4 is 0 Å². The second-order valence-electron chi connectivity index (χ2n) is 4.78. The van der Waals surface area contributed by atoms with Crippen LogP contribution in [0.1, 0.15) is 57.1 Å². The number of unbranched alkanes of at least 4 members (excludes halogenated alkanes) is 2. The molecule has 0 unspecified atom stereocenters. The minimum absolute atomic E-state index is 1.15. The third kappa shape index (κ3) is 9.30. The summed E-state index contributed by atoms with van der Waals surface area (Å²) in [4.78, 5) is 0. The van der Waals surface area contributed by atoms with Crippen molar-refractivity contribution in [3.05, 3.63) is 60.7 Å². The van der Waals surface area contributed by atoms with Gasteiger partial charge in [-0.1, -0.05) is 63.1 Å². The summed E-state index contributed by atoms with van der Waals surface area (Å²) >= 11 is 0. The van der Waals surface area contributed by atoms with Gasteiger partial charge in [-0.25, -0.2) is 0 Å². The molecule has 0 amide bonds. The molecule has 0 heteroatoms. The first-order valence-corrected chi connectivity index (χ1v) is 7.58. The summed E-state index contributed by atoms with van der Waals surface area (Å²) in [7, 11) is 0. The van der Waals surface area contributed by atoms with Crippen LogP contribution in [0, 0.1) is 0 Å². The summed E-state index contributed by atoms with van der Waals surface area (Å²) in [5, 5.41) is 0. The molecule has 106 valence electrons. The van der Waals surface area contributed by atoms with E-state index in [0.717, 1.165) is 12.8 Å². The quantitative estimate of drug-likeness (QED) is 0.571. The third-order valence-electron chi connectivity index (χ3n) is 3.00. The Kier molecular flexibility index (Phi) is 12.2. The molecule has 0 radical (unpaired) electrons. The predicted octanol–water partition coefficient (Wildman–Crippen LogP) is 6.12. The Morgan fingerprint density at radius 2 is 1.32 bits per heavy atom. The second-order valence-corrected chi connectivity index (χ2v) is 4.78. The van der Waals surface area contributed by atoms with Crippen LogP contribution in [0.15, 0.2) is 49.6 Å². The summed E-state index contributed by atoms with van der Waals surface area (Å²) in [5.74, 6) is 0. The number of rotatable bonds is 4. The van der Waals surface area contributed by atoms with Crippen molar-refractivity contribution in [2.75, 3.05) is 0 Å². The third-order valence-corrected chi connectivity index (χ3v) is 3.00. The van der Waals surface area contributed by atoms with E-state index in [1.54, 1.807) is 11.1 Å². The number of allylic oxidation sites excluding steroid dienone is 2. The lowest BCUT2D eigenvalue weighted by molar-refractivity contribution is 0.912. The maximum Gasteiger partial charge on any atom is -0.0273 e. The summed E-state index contributed by atoms with van der Waals surface area (Å²) in [5.41, 5.74) is 3.13. The Morgan fingerprint density at radius 3 is 1.58 bits per heavy atom. The van der Waals surface area contributed by atoms with Crippen molar-refractivity contribution in [1.29, 1.82) is 0 Å². The van der Waals surface area contributed by atoms with E-state index >= 15 is 0 Å². The highest BCUT2D eigenvalue weighted by Gasteiger charge is 2.07. The Labute approximate surface area is 120 Å². The lowest BCUT2D eigenvalue weighted by atomic mass is 10.1. The molecule has 0 atom stereocenters. The molecule has 19 heavy (non-hydrogen) atoms. The number of hydrogen-bond donors (Lipinski definition) is 0. The molecule has 1 aromatic rings. The standard InChI is InChI=1S/C9H10.2C5H10/c1-2-5-9-7-3-6-8(9)4-1;2*1-3-5-4-2/h1-2,4-5H,3,6-7H2;2*3H,1,4-5H2,2H3. The molecule has 1 aliphatic rings. The molecule has 0 N–H and O–H groups in total. The van der Waals surface area contributed by atoms with Crippen molar-refractivity contribution in [2.24, 2.45) is 0 Å². The van der Waals surface area contributed by atoms with E-state index < -0.39 is 0 Å². The number of aryl methyl sites for hydroxylation is 2. The maximum absolute atomic E-state index is 3.55. The molecule has 0 fully saturated rings. The van der Waals surface area contributed by atoms with Crippen LogP contribution < -0.4 is 0 Å². The van der Waals surface area contributed by atoms with E-state index in [0.29, 0.717) is 0 Å². The van der Waals surface area contributed by atoms with Gasteiger partial charge in [0.05, 0.1) is 0 Å². The van der Waals surface area contributed by atoms with Crippen LogP contribution in [0.5, 0.6) is 0 Å². The second kappa shape index (κ2) is 13.1. The smallest absolute Gasteiger partial charge is 0.0273 e. The van der Waals surface area contributed by atoms with Crippen molar-refractivity contribution in [2.45, 2.75) is 58.8 Å². The number of hydrogen-bond acceptors (Lipinski definition) is 0. The normalized spacial score (nSPS) is 11.3. The molecular weight excluding hydrogens is 228 g/mol. The van der Waals surface area contributed by atoms with Crippen LogP contribution in [0.4, 0.5) is 0 Å². The lowest BCUT2D eigenvalue weighted by Gasteiger charge is -1.93. The fourth-order valence-corrected chi connectivity index (χ4v) is 1.92. The minimum Gasteiger partial charge on any atom is -0.103 e. The average Bonchev–Trinajstić information content (AvgIpc) is 2.90.